The third-order valence-electron chi connectivity index (χ3n) is 3.25. The number of aromatic nitrogens is 1. The van der Waals surface area contributed by atoms with Gasteiger partial charge in [-0.2, -0.15) is 0 Å². The van der Waals surface area contributed by atoms with E-state index in [-0.39, 0.29) is 5.43 Å². The molecule has 0 bridgehead atoms. The molecular formula is C17H13NO. The Labute approximate surface area is 111 Å². The molecule has 0 unspecified atom stereocenters. The molecule has 3 aromatic rings. The van der Waals surface area contributed by atoms with Crippen LogP contribution in [0, 0.1) is 18.9 Å². The molecule has 0 saturated carbocycles. The summed E-state index contributed by atoms with van der Waals surface area (Å²) in [6.07, 6.45) is 0. The van der Waals surface area contributed by atoms with E-state index in [0.717, 1.165) is 22.0 Å². The number of pyridine rings is 1. The van der Waals surface area contributed by atoms with E-state index in [1.54, 1.807) is 6.92 Å². The fourth-order valence-electron chi connectivity index (χ4n) is 2.39. The Balaban J connectivity index is 2.68. The number of benzene rings is 2. The molecule has 0 atom stereocenters. The van der Waals surface area contributed by atoms with Crippen LogP contribution < -0.4 is 5.43 Å². The van der Waals surface area contributed by atoms with Gasteiger partial charge in [0.1, 0.15) is 0 Å². The Bertz CT molecular complexity index is 907. The summed E-state index contributed by atoms with van der Waals surface area (Å²) in [7, 11) is 0. The van der Waals surface area contributed by atoms with E-state index in [1.807, 2.05) is 54.0 Å². The smallest absolute Gasteiger partial charge is 0.197 e. The number of fused-ring (bicyclic) bond motifs is 2. The zero-order chi connectivity index (χ0) is 13.4. The van der Waals surface area contributed by atoms with Gasteiger partial charge < -0.3 is 0 Å². The van der Waals surface area contributed by atoms with Gasteiger partial charge in [-0.05, 0) is 38.1 Å². The zero-order valence-electron chi connectivity index (χ0n) is 10.9. The second kappa shape index (κ2) is 4.29. The lowest BCUT2D eigenvalue weighted by Crippen LogP contribution is -2.09. The van der Waals surface area contributed by atoms with Crippen molar-refractivity contribution < 1.29 is 0 Å². The number of para-hydroxylation sites is 1. The van der Waals surface area contributed by atoms with Crippen LogP contribution in [0.15, 0.2) is 47.3 Å². The van der Waals surface area contributed by atoms with E-state index in [1.165, 1.54) is 0 Å². The van der Waals surface area contributed by atoms with Crippen molar-refractivity contribution in [2.24, 2.45) is 0 Å². The van der Waals surface area contributed by atoms with E-state index in [0.29, 0.717) is 5.39 Å². The van der Waals surface area contributed by atoms with Gasteiger partial charge in [0, 0.05) is 16.8 Å². The third kappa shape index (κ3) is 1.71. The Kier molecular flexibility index (Phi) is 2.61. The van der Waals surface area contributed by atoms with Gasteiger partial charge in [0.2, 0.25) is 0 Å². The predicted octanol–water partition coefficient (Wildman–Crippen LogP) is 3.29. The minimum atomic E-state index is 0.0726. The zero-order valence-corrected chi connectivity index (χ0v) is 10.9. The van der Waals surface area contributed by atoms with Crippen molar-refractivity contribution in [3.63, 3.8) is 0 Å². The van der Waals surface area contributed by atoms with Crippen LogP contribution in [0.3, 0.4) is 0 Å². The normalized spacial score (nSPS) is 10.4. The number of rotatable bonds is 0. The summed E-state index contributed by atoms with van der Waals surface area (Å²) >= 11 is 0. The van der Waals surface area contributed by atoms with Gasteiger partial charge in [-0.25, -0.2) is 0 Å². The summed E-state index contributed by atoms with van der Waals surface area (Å²) in [6, 6.07) is 16.6. The number of aryl methyl sites for hydroxylation is 1. The van der Waals surface area contributed by atoms with E-state index >= 15 is 0 Å². The Hall–Kier alpha value is -2.53. The molecule has 3 rings (SSSR count). The minimum absolute atomic E-state index is 0.0726. The SMILES string of the molecule is CC#Cn1c2ccccc2c(=O)c2cc(C)ccc21. The summed E-state index contributed by atoms with van der Waals surface area (Å²) in [6.45, 7) is 3.79. The van der Waals surface area contributed by atoms with Crippen LogP contribution in [0.5, 0.6) is 0 Å². The number of hydrogen-bond donors (Lipinski definition) is 0. The fourth-order valence-corrected chi connectivity index (χ4v) is 2.39. The van der Waals surface area contributed by atoms with E-state index in [2.05, 4.69) is 12.0 Å². The molecule has 0 saturated heterocycles. The van der Waals surface area contributed by atoms with Gasteiger partial charge in [0.15, 0.2) is 5.43 Å². The Morgan fingerprint density at radius 3 is 2.53 bits per heavy atom. The van der Waals surface area contributed by atoms with Crippen molar-refractivity contribution in [3.8, 4) is 12.0 Å². The molecule has 0 amide bonds. The summed E-state index contributed by atoms with van der Waals surface area (Å²) in [5.41, 5.74) is 2.88. The largest absolute Gasteiger partial charge is 0.288 e. The van der Waals surface area contributed by atoms with Gasteiger partial charge in [-0.1, -0.05) is 29.7 Å². The van der Waals surface area contributed by atoms with Crippen LogP contribution in [0.1, 0.15) is 12.5 Å². The summed E-state index contributed by atoms with van der Waals surface area (Å²) in [4.78, 5) is 12.5. The summed E-state index contributed by atoms with van der Waals surface area (Å²) < 4.78 is 1.89. The van der Waals surface area contributed by atoms with E-state index in [9.17, 15) is 4.79 Å². The van der Waals surface area contributed by atoms with Crippen molar-refractivity contribution in [1.29, 1.82) is 0 Å². The molecule has 0 radical (unpaired) electrons. The molecule has 0 fully saturated rings. The van der Waals surface area contributed by atoms with Gasteiger partial charge in [-0.15, -0.1) is 0 Å². The van der Waals surface area contributed by atoms with E-state index in [4.69, 9.17) is 0 Å². The molecule has 0 aliphatic heterocycles. The molecule has 2 aromatic carbocycles. The monoisotopic (exact) mass is 247 g/mol. The van der Waals surface area contributed by atoms with Crippen molar-refractivity contribution in [1.82, 2.24) is 4.57 Å². The van der Waals surface area contributed by atoms with Crippen molar-refractivity contribution >= 4 is 21.8 Å². The van der Waals surface area contributed by atoms with E-state index < -0.39 is 0 Å². The maximum Gasteiger partial charge on any atom is 0.197 e. The highest BCUT2D eigenvalue weighted by Gasteiger charge is 2.09. The second-order valence-electron chi connectivity index (χ2n) is 4.56. The average molecular weight is 247 g/mol. The predicted molar refractivity (Wildman–Crippen MR) is 79.3 cm³/mol. The van der Waals surface area contributed by atoms with Crippen LogP contribution in [0.25, 0.3) is 21.8 Å². The van der Waals surface area contributed by atoms with Crippen LogP contribution in [0.2, 0.25) is 0 Å². The number of hydrogen-bond acceptors (Lipinski definition) is 1. The first kappa shape index (κ1) is 11.6. The fraction of sp³-hybridized carbons (Fsp3) is 0.118. The second-order valence-corrected chi connectivity index (χ2v) is 4.56. The van der Waals surface area contributed by atoms with Crippen LogP contribution in [-0.4, -0.2) is 4.57 Å². The highest BCUT2D eigenvalue weighted by atomic mass is 16.1. The lowest BCUT2D eigenvalue weighted by Gasteiger charge is -2.09. The van der Waals surface area contributed by atoms with Gasteiger partial charge in [0.05, 0.1) is 11.0 Å². The molecular weight excluding hydrogens is 234 g/mol. The van der Waals surface area contributed by atoms with Gasteiger partial charge >= 0.3 is 0 Å². The van der Waals surface area contributed by atoms with Crippen LogP contribution >= 0.6 is 0 Å². The van der Waals surface area contributed by atoms with Crippen LogP contribution in [0.4, 0.5) is 0 Å². The molecule has 2 heteroatoms. The molecule has 0 N–H and O–H groups in total. The molecule has 1 aromatic heterocycles. The molecule has 19 heavy (non-hydrogen) atoms. The first-order chi connectivity index (χ1) is 9.22. The highest BCUT2D eigenvalue weighted by Crippen LogP contribution is 2.19. The first-order valence-corrected chi connectivity index (χ1v) is 6.19. The van der Waals surface area contributed by atoms with Crippen molar-refractivity contribution in [2.45, 2.75) is 13.8 Å². The van der Waals surface area contributed by atoms with Crippen molar-refractivity contribution in [2.75, 3.05) is 0 Å². The van der Waals surface area contributed by atoms with Crippen molar-refractivity contribution in [3.05, 3.63) is 58.3 Å². The van der Waals surface area contributed by atoms with Crippen LogP contribution in [-0.2, 0) is 0 Å². The average Bonchev–Trinajstić information content (AvgIpc) is 2.44. The quantitative estimate of drug-likeness (QED) is 0.441. The Morgan fingerprint density at radius 2 is 1.74 bits per heavy atom. The lowest BCUT2D eigenvalue weighted by atomic mass is 10.1. The molecule has 0 aliphatic carbocycles. The molecule has 1 heterocycles. The molecule has 92 valence electrons. The molecule has 0 spiro atoms. The number of nitrogens with zero attached hydrogens (tertiary/aromatic N) is 1. The van der Waals surface area contributed by atoms with Gasteiger partial charge in [0.25, 0.3) is 0 Å². The maximum absolute atomic E-state index is 12.5. The molecule has 0 aliphatic rings. The summed E-state index contributed by atoms with van der Waals surface area (Å²) in [5, 5.41) is 1.44. The molecule has 2 nitrogen and oxygen atoms in total. The summed E-state index contributed by atoms with van der Waals surface area (Å²) in [5.74, 6) is 2.91. The topological polar surface area (TPSA) is 22.0 Å². The maximum atomic E-state index is 12.5. The first-order valence-electron chi connectivity index (χ1n) is 6.19. The third-order valence-corrected chi connectivity index (χ3v) is 3.25. The minimum Gasteiger partial charge on any atom is -0.288 e. The van der Waals surface area contributed by atoms with Gasteiger partial charge in [-0.3, -0.25) is 9.36 Å². The lowest BCUT2D eigenvalue weighted by molar-refractivity contribution is 1.23. The highest BCUT2D eigenvalue weighted by molar-refractivity contribution is 5.94. The standard InChI is InChI=1S/C17H13NO/c1-3-10-18-15-7-5-4-6-13(15)17(19)14-11-12(2)8-9-16(14)18/h4-9,11H,1-2H3. The Morgan fingerprint density at radius 1 is 1.00 bits per heavy atom.